The first-order chi connectivity index (χ1) is 17.9. The fourth-order valence-corrected chi connectivity index (χ4v) is 5.81. The van der Waals surface area contributed by atoms with Gasteiger partial charge in [-0.05, 0) is 86.0 Å². The third-order valence-corrected chi connectivity index (χ3v) is 8.23. The van der Waals surface area contributed by atoms with Gasteiger partial charge in [0.25, 0.3) is 0 Å². The largest absolute Gasteiger partial charge is 0.493 e. The Morgan fingerprint density at radius 1 is 0.838 bits per heavy atom. The van der Waals surface area contributed by atoms with Crippen LogP contribution in [0.5, 0.6) is 11.5 Å². The van der Waals surface area contributed by atoms with Crippen molar-refractivity contribution in [3.8, 4) is 11.5 Å². The summed E-state index contributed by atoms with van der Waals surface area (Å²) in [6, 6.07) is 7.98. The molecule has 202 valence electrons. The highest BCUT2D eigenvalue weighted by Crippen LogP contribution is 2.40. The van der Waals surface area contributed by atoms with E-state index in [1.165, 1.54) is 12.1 Å². The maximum atomic E-state index is 14.8. The molecule has 2 saturated carbocycles. The van der Waals surface area contributed by atoms with Crippen LogP contribution in [0.1, 0.15) is 107 Å². The molecule has 6 heteroatoms. The van der Waals surface area contributed by atoms with Crippen LogP contribution in [-0.2, 0) is 4.79 Å². The lowest BCUT2D eigenvalue weighted by molar-refractivity contribution is -0.140. The van der Waals surface area contributed by atoms with Crippen LogP contribution in [0.2, 0.25) is 0 Å². The number of hydrogen-bond donors (Lipinski definition) is 0. The molecular weight excluding hydrogens is 477 g/mol. The molecule has 0 radical (unpaired) electrons. The van der Waals surface area contributed by atoms with Gasteiger partial charge in [-0.1, -0.05) is 51.7 Å². The number of hydrogen-bond acceptors (Lipinski definition) is 3. The summed E-state index contributed by atoms with van der Waals surface area (Å²) in [4.78, 5) is 12.8. The van der Waals surface area contributed by atoms with Crippen LogP contribution in [0.15, 0.2) is 30.3 Å². The Balaban J connectivity index is 1.31. The van der Waals surface area contributed by atoms with Crippen molar-refractivity contribution in [3.63, 3.8) is 0 Å². The van der Waals surface area contributed by atoms with Gasteiger partial charge >= 0.3 is 5.97 Å². The molecule has 0 unspecified atom stereocenters. The van der Waals surface area contributed by atoms with Gasteiger partial charge in [0.05, 0.1) is 12.5 Å². The zero-order valence-corrected chi connectivity index (χ0v) is 22.0. The summed E-state index contributed by atoms with van der Waals surface area (Å²) < 4.78 is 55.4. The molecule has 0 aliphatic heterocycles. The lowest BCUT2D eigenvalue weighted by Crippen LogP contribution is -2.26. The minimum Gasteiger partial charge on any atom is -0.493 e. The molecule has 0 saturated heterocycles. The Labute approximate surface area is 218 Å². The van der Waals surface area contributed by atoms with E-state index in [1.807, 2.05) is 0 Å². The predicted molar refractivity (Wildman–Crippen MR) is 138 cm³/mol. The molecule has 2 aliphatic rings. The van der Waals surface area contributed by atoms with Crippen molar-refractivity contribution >= 4 is 5.97 Å². The molecule has 4 rings (SSSR count). The van der Waals surface area contributed by atoms with E-state index in [4.69, 9.17) is 9.47 Å². The zero-order valence-electron chi connectivity index (χ0n) is 22.0. The van der Waals surface area contributed by atoms with E-state index in [1.54, 1.807) is 18.2 Å². The van der Waals surface area contributed by atoms with Crippen LogP contribution in [0, 0.1) is 29.3 Å². The highest BCUT2D eigenvalue weighted by Gasteiger charge is 2.31. The van der Waals surface area contributed by atoms with Crippen molar-refractivity contribution in [1.82, 2.24) is 0 Å². The number of carbonyl (C=O) groups excluding carboxylic acids is 1. The van der Waals surface area contributed by atoms with Gasteiger partial charge in [-0.25, -0.2) is 8.78 Å². The molecule has 0 heterocycles. The number of halogens is 3. The quantitative estimate of drug-likeness (QED) is 0.190. The molecular formula is C31H39F3O3. The Kier molecular flexibility index (Phi) is 9.55. The summed E-state index contributed by atoms with van der Waals surface area (Å²) in [5.74, 6) is -2.42. The van der Waals surface area contributed by atoms with Crippen molar-refractivity contribution in [1.29, 1.82) is 0 Å². The fraction of sp³-hybridized carbons (Fsp3) is 0.581. The third-order valence-electron chi connectivity index (χ3n) is 8.23. The summed E-state index contributed by atoms with van der Waals surface area (Å²) in [7, 11) is 0. The van der Waals surface area contributed by atoms with E-state index in [9.17, 15) is 18.0 Å². The van der Waals surface area contributed by atoms with Gasteiger partial charge in [0.2, 0.25) is 5.82 Å². The normalized spacial score (nSPS) is 24.0. The minimum atomic E-state index is -1.09. The summed E-state index contributed by atoms with van der Waals surface area (Å²) in [6.45, 7) is 4.88. The van der Waals surface area contributed by atoms with Gasteiger partial charge in [-0.15, -0.1) is 0 Å². The summed E-state index contributed by atoms with van der Waals surface area (Å²) in [5.41, 5.74) is 1.01. The first-order valence-corrected chi connectivity index (χ1v) is 14.0. The molecule has 3 nitrogen and oxygen atoms in total. The van der Waals surface area contributed by atoms with Crippen molar-refractivity contribution in [3.05, 3.63) is 58.9 Å². The standard InChI is InChI=1S/C31H39F3O3/c1-3-4-5-18-36-24-14-15-25(27(32)19-24)21-10-12-23(13-11-21)31(35)37-28-17-16-26(29(33)30(28)34)22-8-6-20(2)7-9-22/h14-17,19-23H,3-13,18H2,1-2H3. The SMILES string of the molecule is CCCCCOc1ccc(C2CCC(C(=O)Oc3ccc(C4CCC(C)CC4)c(F)c3F)CC2)c(F)c1. The maximum absolute atomic E-state index is 14.8. The number of ether oxygens (including phenoxy) is 2. The van der Waals surface area contributed by atoms with Crippen molar-refractivity contribution < 1.29 is 27.4 Å². The van der Waals surface area contributed by atoms with E-state index in [-0.39, 0.29) is 23.4 Å². The van der Waals surface area contributed by atoms with E-state index in [0.29, 0.717) is 55.1 Å². The Hall–Kier alpha value is -2.50. The second-order valence-electron chi connectivity index (χ2n) is 10.9. The first-order valence-electron chi connectivity index (χ1n) is 14.0. The molecule has 0 N–H and O–H groups in total. The number of unbranched alkanes of at least 4 members (excludes halogenated alkanes) is 2. The molecule has 0 spiro atoms. The van der Waals surface area contributed by atoms with Gasteiger partial charge in [-0.3, -0.25) is 4.79 Å². The molecule has 37 heavy (non-hydrogen) atoms. The van der Waals surface area contributed by atoms with Gasteiger partial charge in [0.1, 0.15) is 11.6 Å². The van der Waals surface area contributed by atoms with Gasteiger partial charge in [0.15, 0.2) is 11.6 Å². The lowest BCUT2D eigenvalue weighted by atomic mass is 9.78. The maximum Gasteiger partial charge on any atom is 0.314 e. The second kappa shape index (κ2) is 12.8. The highest BCUT2D eigenvalue weighted by molar-refractivity contribution is 5.75. The molecule has 0 aromatic heterocycles. The zero-order chi connectivity index (χ0) is 26.4. The first kappa shape index (κ1) is 27.5. The molecule has 2 aromatic carbocycles. The highest BCUT2D eigenvalue weighted by atomic mass is 19.2. The topological polar surface area (TPSA) is 35.5 Å². The van der Waals surface area contributed by atoms with E-state index in [2.05, 4.69) is 13.8 Å². The van der Waals surface area contributed by atoms with Crippen LogP contribution in [0.4, 0.5) is 13.2 Å². The number of carbonyl (C=O) groups is 1. The van der Waals surface area contributed by atoms with Crippen LogP contribution in [-0.4, -0.2) is 12.6 Å². The van der Waals surface area contributed by atoms with Crippen LogP contribution >= 0.6 is 0 Å². The van der Waals surface area contributed by atoms with E-state index < -0.39 is 23.5 Å². The van der Waals surface area contributed by atoms with Crippen LogP contribution < -0.4 is 9.47 Å². The Morgan fingerprint density at radius 2 is 1.49 bits per heavy atom. The smallest absolute Gasteiger partial charge is 0.314 e. The minimum absolute atomic E-state index is 0.00451. The monoisotopic (exact) mass is 516 g/mol. The molecule has 0 amide bonds. The number of rotatable bonds is 9. The Bertz CT molecular complexity index is 1050. The summed E-state index contributed by atoms with van der Waals surface area (Å²) in [6.07, 6.45) is 9.11. The van der Waals surface area contributed by atoms with Crippen LogP contribution in [0.3, 0.4) is 0 Å². The third kappa shape index (κ3) is 6.88. The van der Waals surface area contributed by atoms with Crippen molar-refractivity contribution in [2.75, 3.05) is 6.61 Å². The average Bonchev–Trinajstić information content (AvgIpc) is 2.90. The fourth-order valence-electron chi connectivity index (χ4n) is 5.81. The molecule has 0 bridgehead atoms. The van der Waals surface area contributed by atoms with Gasteiger partial charge in [-0.2, -0.15) is 4.39 Å². The second-order valence-corrected chi connectivity index (χ2v) is 10.9. The summed E-state index contributed by atoms with van der Waals surface area (Å²) in [5, 5.41) is 0. The molecule has 2 aromatic rings. The van der Waals surface area contributed by atoms with E-state index in [0.717, 1.165) is 44.9 Å². The van der Waals surface area contributed by atoms with Gasteiger partial charge in [0, 0.05) is 6.07 Å². The lowest BCUT2D eigenvalue weighted by Gasteiger charge is -2.28. The van der Waals surface area contributed by atoms with Crippen molar-refractivity contribution in [2.24, 2.45) is 11.8 Å². The molecule has 0 atom stereocenters. The predicted octanol–water partition coefficient (Wildman–Crippen LogP) is 8.85. The number of benzene rings is 2. The Morgan fingerprint density at radius 3 is 2.16 bits per heavy atom. The van der Waals surface area contributed by atoms with Crippen LogP contribution in [0.25, 0.3) is 0 Å². The average molecular weight is 517 g/mol. The van der Waals surface area contributed by atoms with Crippen molar-refractivity contribution in [2.45, 2.75) is 96.3 Å². The van der Waals surface area contributed by atoms with Gasteiger partial charge < -0.3 is 9.47 Å². The molecule has 2 fully saturated rings. The summed E-state index contributed by atoms with van der Waals surface area (Å²) >= 11 is 0. The van der Waals surface area contributed by atoms with E-state index >= 15 is 0 Å². The number of esters is 1. The molecule has 2 aliphatic carbocycles.